The van der Waals surface area contributed by atoms with E-state index in [4.69, 9.17) is 0 Å². The normalized spacial score (nSPS) is 16.3. The monoisotopic (exact) mass is 317 g/mol. The van der Waals surface area contributed by atoms with Crippen molar-refractivity contribution in [3.63, 3.8) is 0 Å². The molecule has 2 rings (SSSR count). The Hall–Kier alpha value is -2.37. The molecule has 1 aromatic carbocycles. The first kappa shape index (κ1) is 17.0. The molecular weight excluding hydrogens is 294 g/mol. The van der Waals surface area contributed by atoms with Crippen molar-refractivity contribution in [1.29, 1.82) is 0 Å². The SMILES string of the molecule is CCCC1(CCC)NC(=O)N(CC(=O)Nc2ccccc2)C1=O. The second-order valence-electron chi connectivity index (χ2n) is 5.82. The molecule has 0 spiro atoms. The molecule has 1 fully saturated rings. The predicted molar refractivity (Wildman–Crippen MR) is 87.9 cm³/mol. The number of urea groups is 1. The van der Waals surface area contributed by atoms with Gasteiger partial charge in [-0.25, -0.2) is 4.79 Å². The van der Waals surface area contributed by atoms with Crippen molar-refractivity contribution < 1.29 is 14.4 Å². The van der Waals surface area contributed by atoms with Crippen molar-refractivity contribution >= 4 is 23.5 Å². The summed E-state index contributed by atoms with van der Waals surface area (Å²) in [6.07, 6.45) is 2.75. The summed E-state index contributed by atoms with van der Waals surface area (Å²) in [4.78, 5) is 37.9. The number of imide groups is 1. The van der Waals surface area contributed by atoms with Gasteiger partial charge in [0.2, 0.25) is 5.91 Å². The van der Waals surface area contributed by atoms with Gasteiger partial charge in [-0.3, -0.25) is 14.5 Å². The molecule has 0 unspecified atom stereocenters. The largest absolute Gasteiger partial charge is 0.325 e. The highest BCUT2D eigenvalue weighted by molar-refractivity contribution is 6.10. The maximum Gasteiger partial charge on any atom is 0.325 e. The topological polar surface area (TPSA) is 78.5 Å². The van der Waals surface area contributed by atoms with E-state index in [9.17, 15) is 14.4 Å². The highest BCUT2D eigenvalue weighted by Crippen LogP contribution is 2.27. The minimum Gasteiger partial charge on any atom is -0.325 e. The molecule has 0 aliphatic carbocycles. The quantitative estimate of drug-likeness (QED) is 0.759. The molecule has 0 bridgehead atoms. The van der Waals surface area contributed by atoms with Gasteiger partial charge in [0, 0.05) is 5.69 Å². The summed E-state index contributed by atoms with van der Waals surface area (Å²) in [6, 6.07) is 8.47. The second-order valence-corrected chi connectivity index (χ2v) is 5.82. The molecule has 1 aliphatic rings. The number of hydrogen-bond donors (Lipinski definition) is 2. The molecule has 6 heteroatoms. The van der Waals surface area contributed by atoms with E-state index in [0.29, 0.717) is 18.5 Å². The maximum atomic E-state index is 12.7. The van der Waals surface area contributed by atoms with E-state index in [1.165, 1.54) is 0 Å². The highest BCUT2D eigenvalue weighted by atomic mass is 16.2. The smallest absolute Gasteiger partial charge is 0.325 e. The van der Waals surface area contributed by atoms with Gasteiger partial charge in [0.25, 0.3) is 5.91 Å². The fraction of sp³-hybridized carbons (Fsp3) is 0.471. The van der Waals surface area contributed by atoms with Gasteiger partial charge in [0.15, 0.2) is 0 Å². The molecule has 0 saturated carbocycles. The summed E-state index contributed by atoms with van der Waals surface area (Å²) in [5.74, 6) is -0.682. The standard InChI is InChI=1S/C17H23N3O3/c1-3-10-17(11-4-2)15(22)20(16(23)19-17)12-14(21)18-13-8-6-5-7-9-13/h5-9H,3-4,10-12H2,1-2H3,(H,18,21)(H,19,23). The maximum absolute atomic E-state index is 12.7. The van der Waals surface area contributed by atoms with Crippen LogP contribution in [-0.4, -0.2) is 34.8 Å². The Morgan fingerprint density at radius 2 is 1.74 bits per heavy atom. The molecule has 1 saturated heterocycles. The van der Waals surface area contributed by atoms with Crippen molar-refractivity contribution in [1.82, 2.24) is 10.2 Å². The highest BCUT2D eigenvalue weighted by Gasteiger charge is 2.50. The number of rotatable bonds is 7. The molecule has 124 valence electrons. The van der Waals surface area contributed by atoms with Gasteiger partial charge in [0.05, 0.1) is 0 Å². The van der Waals surface area contributed by atoms with Crippen LogP contribution in [0.1, 0.15) is 39.5 Å². The lowest BCUT2D eigenvalue weighted by molar-refractivity contribution is -0.134. The molecule has 0 aromatic heterocycles. The number of nitrogens with one attached hydrogen (secondary N) is 2. The van der Waals surface area contributed by atoms with Crippen LogP contribution in [0.2, 0.25) is 0 Å². The van der Waals surface area contributed by atoms with E-state index in [1.54, 1.807) is 24.3 Å². The summed E-state index contributed by atoms with van der Waals surface area (Å²) in [7, 11) is 0. The van der Waals surface area contributed by atoms with E-state index >= 15 is 0 Å². The van der Waals surface area contributed by atoms with Gasteiger partial charge < -0.3 is 10.6 Å². The number of amides is 4. The zero-order chi connectivity index (χ0) is 16.9. The number of anilines is 1. The number of carbonyl (C=O) groups is 3. The molecule has 1 heterocycles. The number of nitrogens with zero attached hydrogens (tertiary/aromatic N) is 1. The third kappa shape index (κ3) is 3.70. The summed E-state index contributed by atoms with van der Waals surface area (Å²) < 4.78 is 0. The predicted octanol–water partition coefficient (Wildman–Crippen LogP) is 2.52. The molecule has 0 radical (unpaired) electrons. The van der Waals surface area contributed by atoms with Gasteiger partial charge in [0.1, 0.15) is 12.1 Å². The number of para-hydroxylation sites is 1. The number of benzene rings is 1. The lowest BCUT2D eigenvalue weighted by Crippen LogP contribution is -2.47. The van der Waals surface area contributed by atoms with E-state index in [1.807, 2.05) is 19.9 Å². The molecule has 0 atom stereocenters. The Morgan fingerprint density at radius 1 is 1.13 bits per heavy atom. The second kappa shape index (κ2) is 7.26. The van der Waals surface area contributed by atoms with Crippen LogP contribution in [0.15, 0.2) is 30.3 Å². The fourth-order valence-corrected chi connectivity index (χ4v) is 3.00. The van der Waals surface area contributed by atoms with E-state index < -0.39 is 11.6 Å². The first-order chi connectivity index (χ1) is 11.0. The first-order valence-corrected chi connectivity index (χ1v) is 8.01. The van der Waals surface area contributed by atoms with Gasteiger partial charge in [-0.2, -0.15) is 0 Å². The number of hydrogen-bond acceptors (Lipinski definition) is 3. The van der Waals surface area contributed by atoms with E-state index in [0.717, 1.165) is 17.7 Å². The lowest BCUT2D eigenvalue weighted by Gasteiger charge is -2.25. The molecule has 4 amide bonds. The Labute approximate surface area is 136 Å². The molecule has 2 N–H and O–H groups in total. The third-order valence-corrected chi connectivity index (χ3v) is 3.96. The number of carbonyl (C=O) groups excluding carboxylic acids is 3. The Balaban J connectivity index is 2.06. The van der Waals surface area contributed by atoms with Crippen molar-refractivity contribution in [2.45, 2.75) is 45.1 Å². The van der Waals surface area contributed by atoms with Crippen LogP contribution >= 0.6 is 0 Å². The van der Waals surface area contributed by atoms with Gasteiger partial charge in [-0.05, 0) is 25.0 Å². The van der Waals surface area contributed by atoms with Crippen LogP contribution in [0.3, 0.4) is 0 Å². The molecule has 1 aromatic rings. The molecule has 6 nitrogen and oxygen atoms in total. The zero-order valence-electron chi connectivity index (χ0n) is 13.6. The minimum absolute atomic E-state index is 0.269. The molecular formula is C17H23N3O3. The van der Waals surface area contributed by atoms with Crippen LogP contribution in [0.25, 0.3) is 0 Å². The van der Waals surface area contributed by atoms with E-state index in [2.05, 4.69) is 10.6 Å². The molecule has 23 heavy (non-hydrogen) atoms. The Morgan fingerprint density at radius 3 is 2.30 bits per heavy atom. The summed E-state index contributed by atoms with van der Waals surface area (Å²) in [5, 5.41) is 5.48. The lowest BCUT2D eigenvalue weighted by atomic mass is 9.88. The summed E-state index contributed by atoms with van der Waals surface area (Å²) >= 11 is 0. The Bertz CT molecular complexity index is 580. The van der Waals surface area contributed by atoms with Crippen LogP contribution in [0.5, 0.6) is 0 Å². The van der Waals surface area contributed by atoms with Crippen LogP contribution in [0, 0.1) is 0 Å². The van der Waals surface area contributed by atoms with Crippen LogP contribution in [-0.2, 0) is 9.59 Å². The van der Waals surface area contributed by atoms with Gasteiger partial charge in [-0.15, -0.1) is 0 Å². The van der Waals surface area contributed by atoms with Crippen molar-refractivity contribution in [2.24, 2.45) is 0 Å². The van der Waals surface area contributed by atoms with E-state index in [-0.39, 0.29) is 18.4 Å². The third-order valence-electron chi connectivity index (χ3n) is 3.96. The van der Waals surface area contributed by atoms with Crippen molar-refractivity contribution in [2.75, 3.05) is 11.9 Å². The van der Waals surface area contributed by atoms with Crippen molar-refractivity contribution in [3.8, 4) is 0 Å². The molecule has 1 aliphatic heterocycles. The van der Waals surface area contributed by atoms with Crippen LogP contribution < -0.4 is 10.6 Å². The summed E-state index contributed by atoms with van der Waals surface area (Å²) in [5.41, 5.74) is -0.217. The minimum atomic E-state index is -0.854. The van der Waals surface area contributed by atoms with Crippen molar-refractivity contribution in [3.05, 3.63) is 30.3 Å². The zero-order valence-corrected chi connectivity index (χ0v) is 13.6. The van der Waals surface area contributed by atoms with Crippen LogP contribution in [0.4, 0.5) is 10.5 Å². The summed E-state index contributed by atoms with van der Waals surface area (Å²) in [6.45, 7) is 3.68. The fourth-order valence-electron chi connectivity index (χ4n) is 3.00. The van der Waals surface area contributed by atoms with Gasteiger partial charge >= 0.3 is 6.03 Å². The average Bonchev–Trinajstić information content (AvgIpc) is 2.73. The van der Waals surface area contributed by atoms with Gasteiger partial charge in [-0.1, -0.05) is 44.9 Å². The first-order valence-electron chi connectivity index (χ1n) is 8.01. The Kier molecular flexibility index (Phi) is 5.36. The average molecular weight is 317 g/mol.